The number of pyridine rings is 1. The maximum absolute atomic E-state index is 10.2. The van der Waals surface area contributed by atoms with Crippen LogP contribution < -0.4 is 10.1 Å². The molecule has 29 heavy (non-hydrogen) atoms. The lowest BCUT2D eigenvalue weighted by Crippen LogP contribution is -2.36. The van der Waals surface area contributed by atoms with E-state index < -0.39 is 12.6 Å². The van der Waals surface area contributed by atoms with Crippen molar-refractivity contribution in [3.05, 3.63) is 30.9 Å². The van der Waals surface area contributed by atoms with Gasteiger partial charge in [0, 0.05) is 29.6 Å². The molecule has 1 aliphatic rings. The van der Waals surface area contributed by atoms with Crippen LogP contribution in [0.25, 0.3) is 27.8 Å². The summed E-state index contributed by atoms with van der Waals surface area (Å²) in [6.07, 6.45) is 8.05. The van der Waals surface area contributed by atoms with Gasteiger partial charge in [0.25, 0.3) is 0 Å². The first-order valence-electron chi connectivity index (χ1n) is 11.0. The van der Waals surface area contributed by atoms with Gasteiger partial charge in [0.05, 0.1) is 22.1 Å². The Morgan fingerprint density at radius 1 is 1.34 bits per heavy atom. The van der Waals surface area contributed by atoms with Crippen molar-refractivity contribution in [3.63, 3.8) is 0 Å². The van der Waals surface area contributed by atoms with E-state index in [0.717, 1.165) is 18.4 Å². The molecule has 0 atom stereocenters. The summed E-state index contributed by atoms with van der Waals surface area (Å²) in [6.45, 7) is 1.84. The fourth-order valence-electron chi connectivity index (χ4n) is 3.92. The van der Waals surface area contributed by atoms with Crippen LogP contribution >= 0.6 is 0 Å². The van der Waals surface area contributed by atoms with Crippen LogP contribution in [0.1, 0.15) is 36.7 Å². The van der Waals surface area contributed by atoms with Gasteiger partial charge in [-0.1, -0.05) is 0 Å². The van der Waals surface area contributed by atoms with E-state index in [1.807, 2.05) is 25.3 Å². The van der Waals surface area contributed by atoms with Crippen LogP contribution in [0.5, 0.6) is 5.88 Å². The maximum Gasteiger partial charge on any atom is 0.228 e. The van der Waals surface area contributed by atoms with Gasteiger partial charge in [-0.25, -0.2) is 0 Å². The molecule has 0 bridgehead atoms. The highest BCUT2D eigenvalue weighted by Crippen LogP contribution is 2.35. The Bertz CT molecular complexity index is 1270. The van der Waals surface area contributed by atoms with Gasteiger partial charge >= 0.3 is 0 Å². The minimum Gasteiger partial charge on any atom is -0.480 e. The number of methoxy groups -OCH3 is 1. The van der Waals surface area contributed by atoms with Crippen LogP contribution in [0.4, 0.5) is 5.95 Å². The predicted octanol–water partition coefficient (Wildman–Crippen LogP) is 2.78. The minimum absolute atomic E-state index is 0.0274. The molecule has 0 unspecified atom stereocenters. The van der Waals surface area contributed by atoms with E-state index in [9.17, 15) is 5.11 Å². The number of aromatic amines is 1. The monoisotopic (exact) mass is 396 g/mol. The van der Waals surface area contributed by atoms with Gasteiger partial charge < -0.3 is 20.1 Å². The van der Waals surface area contributed by atoms with Gasteiger partial charge in [-0.05, 0) is 44.7 Å². The topological polar surface area (TPSA) is 113 Å². The van der Waals surface area contributed by atoms with Gasteiger partial charge in [0.1, 0.15) is 12.0 Å². The van der Waals surface area contributed by atoms with E-state index in [2.05, 4.69) is 30.5 Å². The van der Waals surface area contributed by atoms with Gasteiger partial charge in [-0.15, -0.1) is 10.2 Å². The smallest absolute Gasteiger partial charge is 0.228 e. The number of nitrogens with zero attached hydrogens (tertiary/aromatic N) is 5. The molecule has 0 saturated heterocycles. The zero-order valence-electron chi connectivity index (χ0n) is 18.9. The van der Waals surface area contributed by atoms with Crippen molar-refractivity contribution in [1.29, 1.82) is 0 Å². The Balaban J connectivity index is 1.54. The summed E-state index contributed by atoms with van der Waals surface area (Å²) in [7, 11) is -2.67. The van der Waals surface area contributed by atoms with Crippen LogP contribution in [0.3, 0.4) is 0 Å². The first-order chi connectivity index (χ1) is 15.2. The normalized spacial score (nSPS) is 24.2. The van der Waals surface area contributed by atoms with E-state index in [-0.39, 0.29) is 17.9 Å². The second kappa shape index (κ2) is 6.70. The second-order valence-electron chi connectivity index (χ2n) is 7.81. The lowest BCUT2D eigenvalue weighted by Gasteiger charge is -2.33. The largest absolute Gasteiger partial charge is 0.480 e. The molecular weight excluding hydrogens is 370 g/mol. The Kier molecular flexibility index (Phi) is 3.41. The van der Waals surface area contributed by atoms with E-state index >= 15 is 0 Å². The summed E-state index contributed by atoms with van der Waals surface area (Å²) in [5.41, 5.74) is 2.01. The van der Waals surface area contributed by atoms with Gasteiger partial charge in [-0.2, -0.15) is 9.97 Å². The molecule has 4 aromatic heterocycles. The average molecular weight is 396 g/mol. The summed E-state index contributed by atoms with van der Waals surface area (Å²) in [6, 6.07) is 3.77. The third-order valence-electron chi connectivity index (χ3n) is 5.59. The van der Waals surface area contributed by atoms with Crippen molar-refractivity contribution in [1.82, 2.24) is 29.5 Å². The molecule has 1 aliphatic carbocycles. The van der Waals surface area contributed by atoms with Crippen LogP contribution in [0.2, 0.25) is 0 Å². The molecular formula is C20H23N7O2. The Hall–Kier alpha value is -3.20. The number of fused-ring (bicyclic) bond motifs is 2. The number of aromatic nitrogens is 6. The van der Waals surface area contributed by atoms with E-state index in [1.165, 1.54) is 0 Å². The van der Waals surface area contributed by atoms with Gasteiger partial charge in [0.2, 0.25) is 11.8 Å². The summed E-state index contributed by atoms with van der Waals surface area (Å²) < 4.78 is 29.9. The fraction of sp³-hybridized carbons (Fsp3) is 0.400. The predicted molar refractivity (Wildman–Crippen MR) is 109 cm³/mol. The number of H-pyrrole nitrogens is 1. The van der Waals surface area contributed by atoms with Crippen molar-refractivity contribution in [2.45, 2.75) is 44.2 Å². The minimum atomic E-state index is -2.67. The molecule has 0 aliphatic heterocycles. The zero-order chi connectivity index (χ0) is 22.5. The number of ether oxygens (including phenoxy) is 1. The van der Waals surface area contributed by atoms with Gasteiger partial charge in [0.15, 0.2) is 5.65 Å². The standard InChI is InChI=1S/C20H23N7O2/c1-20(28)7-5-13(6-8-20)23-19-24-17-16(18(25-19)29-2)14(9-21-17)12-3-4-15-26-22-11-27(15)10-12/h3-4,9-11,13,28H,5-8H2,1-2H3,(H2,21,23,24,25)/i2D3. The van der Waals surface area contributed by atoms with Crippen molar-refractivity contribution < 1.29 is 14.0 Å². The van der Waals surface area contributed by atoms with Crippen LogP contribution in [0.15, 0.2) is 30.9 Å². The molecule has 4 heterocycles. The first kappa shape index (κ1) is 14.7. The first-order valence-corrected chi connectivity index (χ1v) is 9.54. The lowest BCUT2D eigenvalue weighted by molar-refractivity contribution is 0.0195. The number of nitrogens with one attached hydrogen (secondary N) is 2. The highest BCUT2D eigenvalue weighted by atomic mass is 16.5. The van der Waals surface area contributed by atoms with Crippen molar-refractivity contribution in [2.75, 3.05) is 12.4 Å². The molecule has 3 N–H and O–H groups in total. The summed E-state index contributed by atoms with van der Waals surface area (Å²) in [5, 5.41) is 21.8. The molecule has 0 amide bonds. The Morgan fingerprint density at radius 2 is 2.21 bits per heavy atom. The Morgan fingerprint density at radius 3 is 3.03 bits per heavy atom. The molecule has 9 heteroatoms. The fourth-order valence-corrected chi connectivity index (χ4v) is 3.92. The zero-order valence-corrected chi connectivity index (χ0v) is 15.9. The molecule has 0 aromatic carbocycles. The molecule has 0 radical (unpaired) electrons. The number of anilines is 1. The van der Waals surface area contributed by atoms with E-state index in [0.29, 0.717) is 35.1 Å². The highest BCUT2D eigenvalue weighted by Gasteiger charge is 2.29. The highest BCUT2D eigenvalue weighted by molar-refractivity contribution is 5.97. The van der Waals surface area contributed by atoms with Crippen LogP contribution in [-0.2, 0) is 0 Å². The van der Waals surface area contributed by atoms with Crippen LogP contribution in [-0.4, -0.2) is 53.3 Å². The van der Waals surface area contributed by atoms with Crippen LogP contribution in [0, 0.1) is 0 Å². The third kappa shape index (κ3) is 3.27. The Labute approximate surface area is 171 Å². The third-order valence-corrected chi connectivity index (χ3v) is 5.59. The lowest BCUT2D eigenvalue weighted by atomic mass is 9.84. The number of rotatable bonds is 4. The molecule has 1 fully saturated rings. The van der Waals surface area contributed by atoms with Crippen molar-refractivity contribution in [2.24, 2.45) is 0 Å². The van der Waals surface area contributed by atoms with Crippen molar-refractivity contribution in [3.8, 4) is 17.0 Å². The average Bonchev–Trinajstić information content (AvgIpc) is 3.34. The summed E-state index contributed by atoms with van der Waals surface area (Å²) in [4.78, 5) is 12.1. The van der Waals surface area contributed by atoms with Gasteiger partial charge in [-0.3, -0.25) is 4.40 Å². The molecule has 9 nitrogen and oxygen atoms in total. The maximum atomic E-state index is 10.2. The van der Waals surface area contributed by atoms with Crippen molar-refractivity contribution >= 4 is 22.6 Å². The van der Waals surface area contributed by atoms with E-state index in [1.54, 1.807) is 16.9 Å². The molecule has 0 spiro atoms. The molecule has 150 valence electrons. The summed E-state index contributed by atoms with van der Waals surface area (Å²) >= 11 is 0. The second-order valence-corrected chi connectivity index (χ2v) is 7.81. The number of hydrogen-bond acceptors (Lipinski definition) is 7. The number of hydrogen-bond donors (Lipinski definition) is 3. The molecule has 5 rings (SSSR count). The SMILES string of the molecule is [2H]C([2H])([2H])Oc1nc(NC2CCC(C)(O)CC2)nc2[nH]cc(-c3ccc4nncn4c3)c12. The molecule has 4 aromatic rings. The summed E-state index contributed by atoms with van der Waals surface area (Å²) in [5.74, 6) is 0.256. The quantitative estimate of drug-likeness (QED) is 0.486. The molecule has 1 saturated carbocycles. The number of aliphatic hydroxyl groups is 1. The van der Waals surface area contributed by atoms with E-state index in [4.69, 9.17) is 8.85 Å².